The molecule has 1 amide bonds. The molecule has 1 atom stereocenters. The first-order valence-electron chi connectivity index (χ1n) is 10.0. The molecule has 0 unspecified atom stereocenters. The van der Waals surface area contributed by atoms with Gasteiger partial charge in [-0.05, 0) is 36.8 Å². The van der Waals surface area contributed by atoms with E-state index >= 15 is 0 Å². The van der Waals surface area contributed by atoms with Crippen molar-refractivity contribution < 1.29 is 28.6 Å². The van der Waals surface area contributed by atoms with Gasteiger partial charge in [0, 0.05) is 5.56 Å². The van der Waals surface area contributed by atoms with Crippen molar-refractivity contribution in [3.05, 3.63) is 88.9 Å². The molecular formula is C25H23NO6. The van der Waals surface area contributed by atoms with Gasteiger partial charge in [0.1, 0.15) is 11.5 Å². The Morgan fingerprint density at radius 3 is 2.38 bits per heavy atom. The maximum absolute atomic E-state index is 13.1. The Bertz CT molecular complexity index is 1180. The Morgan fingerprint density at radius 2 is 1.75 bits per heavy atom. The number of hydrogen-bond donors (Lipinski definition) is 1. The van der Waals surface area contributed by atoms with Crippen molar-refractivity contribution >= 4 is 17.4 Å². The van der Waals surface area contributed by atoms with Crippen LogP contribution in [0.4, 0.5) is 0 Å². The molecule has 0 aliphatic carbocycles. The van der Waals surface area contributed by atoms with Crippen molar-refractivity contribution in [2.24, 2.45) is 0 Å². The van der Waals surface area contributed by atoms with E-state index in [9.17, 15) is 14.7 Å². The summed E-state index contributed by atoms with van der Waals surface area (Å²) in [5.74, 6) is -0.219. The van der Waals surface area contributed by atoms with Crippen molar-refractivity contribution in [3.63, 3.8) is 0 Å². The van der Waals surface area contributed by atoms with E-state index in [1.165, 1.54) is 25.4 Å². The van der Waals surface area contributed by atoms with Gasteiger partial charge in [-0.1, -0.05) is 35.9 Å². The highest BCUT2D eigenvalue weighted by Crippen LogP contribution is 2.42. The van der Waals surface area contributed by atoms with E-state index in [4.69, 9.17) is 13.9 Å². The highest BCUT2D eigenvalue weighted by Gasteiger charge is 2.46. The maximum Gasteiger partial charge on any atom is 0.296 e. The SMILES string of the molecule is COc1ccc([C@@H]2C(=C(O)c3ccc(C)cc3)C(=O)C(=O)N2Cc2ccco2)cc1OC. The lowest BCUT2D eigenvalue weighted by Gasteiger charge is -2.25. The average Bonchev–Trinajstić information content (AvgIpc) is 3.41. The molecule has 2 heterocycles. The normalized spacial score (nSPS) is 17.6. The number of ether oxygens (including phenoxy) is 2. The zero-order chi connectivity index (χ0) is 22.8. The van der Waals surface area contributed by atoms with Crippen LogP contribution >= 0.6 is 0 Å². The molecule has 2 aromatic carbocycles. The van der Waals surface area contributed by atoms with Crippen LogP contribution in [0.2, 0.25) is 0 Å². The summed E-state index contributed by atoms with van der Waals surface area (Å²) >= 11 is 0. The first kappa shape index (κ1) is 21.2. The molecular weight excluding hydrogens is 410 g/mol. The number of carbonyl (C=O) groups is 2. The Morgan fingerprint density at radius 1 is 1.03 bits per heavy atom. The molecule has 1 aliphatic rings. The lowest BCUT2D eigenvalue weighted by Crippen LogP contribution is -2.29. The molecule has 0 bridgehead atoms. The van der Waals surface area contributed by atoms with Crippen molar-refractivity contribution in [2.45, 2.75) is 19.5 Å². The number of nitrogens with zero attached hydrogens (tertiary/aromatic N) is 1. The monoisotopic (exact) mass is 433 g/mol. The van der Waals surface area contributed by atoms with Gasteiger partial charge in [-0.2, -0.15) is 0 Å². The molecule has 1 N–H and O–H groups in total. The van der Waals surface area contributed by atoms with Crippen LogP contribution in [-0.2, 0) is 16.1 Å². The van der Waals surface area contributed by atoms with Crippen LogP contribution in [0, 0.1) is 6.92 Å². The van der Waals surface area contributed by atoms with E-state index in [2.05, 4.69) is 0 Å². The van der Waals surface area contributed by atoms with Gasteiger partial charge < -0.3 is 23.9 Å². The minimum atomic E-state index is -0.832. The number of methoxy groups -OCH3 is 2. The van der Waals surface area contributed by atoms with Crippen molar-refractivity contribution in [1.82, 2.24) is 4.90 Å². The Balaban J connectivity index is 1.89. The zero-order valence-corrected chi connectivity index (χ0v) is 18.0. The van der Waals surface area contributed by atoms with Crippen LogP contribution in [0.3, 0.4) is 0 Å². The number of likely N-dealkylation sites (tertiary alicyclic amines) is 1. The molecule has 164 valence electrons. The zero-order valence-electron chi connectivity index (χ0n) is 18.0. The van der Waals surface area contributed by atoms with Crippen LogP contribution < -0.4 is 9.47 Å². The van der Waals surface area contributed by atoms with Crippen LogP contribution in [0.1, 0.15) is 28.5 Å². The standard InChI is InChI=1S/C25H23NO6/c1-15-6-8-16(9-7-15)23(27)21-22(17-10-11-19(30-2)20(13-17)31-3)26(25(29)24(21)28)14-18-5-4-12-32-18/h4-13,22,27H,14H2,1-3H3/t22-/m1/s1. The molecule has 1 saturated heterocycles. The number of Topliss-reactive ketones (excluding diaryl/α,β-unsaturated/α-hetero) is 1. The quantitative estimate of drug-likeness (QED) is 0.356. The molecule has 1 aromatic heterocycles. The summed E-state index contributed by atoms with van der Waals surface area (Å²) in [5, 5.41) is 11.1. The molecule has 0 saturated carbocycles. The van der Waals surface area contributed by atoms with Gasteiger partial charge in [0.2, 0.25) is 0 Å². The third kappa shape index (κ3) is 3.73. The number of hydrogen-bond acceptors (Lipinski definition) is 6. The topological polar surface area (TPSA) is 89.2 Å². The molecule has 3 aromatic rings. The molecule has 7 nitrogen and oxygen atoms in total. The molecule has 32 heavy (non-hydrogen) atoms. The van der Waals surface area contributed by atoms with Gasteiger partial charge in [0.15, 0.2) is 11.5 Å². The first-order chi connectivity index (χ1) is 15.4. The molecule has 4 rings (SSSR count). The lowest BCUT2D eigenvalue weighted by atomic mass is 9.94. The number of furan rings is 1. The van der Waals surface area contributed by atoms with E-state index in [0.29, 0.717) is 28.4 Å². The van der Waals surface area contributed by atoms with Crippen LogP contribution in [-0.4, -0.2) is 35.9 Å². The highest BCUT2D eigenvalue weighted by atomic mass is 16.5. The van der Waals surface area contributed by atoms with Crippen molar-refractivity contribution in [1.29, 1.82) is 0 Å². The molecule has 0 radical (unpaired) electrons. The largest absolute Gasteiger partial charge is 0.507 e. The number of aliphatic hydroxyl groups excluding tert-OH is 1. The summed E-state index contributed by atoms with van der Waals surface area (Å²) in [6.07, 6.45) is 1.50. The smallest absolute Gasteiger partial charge is 0.296 e. The molecule has 7 heteroatoms. The fraction of sp³-hybridized carbons (Fsp3) is 0.200. The van der Waals surface area contributed by atoms with E-state index in [-0.39, 0.29) is 17.9 Å². The third-order valence-corrected chi connectivity index (χ3v) is 5.49. The van der Waals surface area contributed by atoms with E-state index in [1.54, 1.807) is 42.5 Å². The van der Waals surface area contributed by atoms with Gasteiger partial charge >= 0.3 is 0 Å². The van der Waals surface area contributed by atoms with E-state index < -0.39 is 17.7 Å². The second kappa shape index (κ2) is 8.63. The summed E-state index contributed by atoms with van der Waals surface area (Å²) in [7, 11) is 3.03. The lowest BCUT2D eigenvalue weighted by molar-refractivity contribution is -0.140. The minimum absolute atomic E-state index is 0.0117. The van der Waals surface area contributed by atoms with Crippen molar-refractivity contribution in [2.75, 3.05) is 14.2 Å². The summed E-state index contributed by atoms with van der Waals surface area (Å²) < 4.78 is 16.1. The van der Waals surface area contributed by atoms with Gasteiger partial charge in [0.05, 0.1) is 38.6 Å². The fourth-order valence-electron chi connectivity index (χ4n) is 3.85. The average molecular weight is 433 g/mol. The Kier molecular flexibility index (Phi) is 5.73. The highest BCUT2D eigenvalue weighted by molar-refractivity contribution is 6.46. The number of carbonyl (C=O) groups excluding carboxylic acids is 2. The van der Waals surface area contributed by atoms with Crippen LogP contribution in [0.15, 0.2) is 70.9 Å². The van der Waals surface area contributed by atoms with E-state index in [0.717, 1.165) is 5.56 Å². The number of aryl methyl sites for hydroxylation is 1. The first-order valence-corrected chi connectivity index (χ1v) is 10.0. The third-order valence-electron chi connectivity index (χ3n) is 5.49. The summed E-state index contributed by atoms with van der Waals surface area (Å²) in [5.41, 5.74) is 2.08. The molecule has 1 aliphatic heterocycles. The maximum atomic E-state index is 13.1. The number of rotatable bonds is 6. The van der Waals surface area contributed by atoms with Crippen molar-refractivity contribution in [3.8, 4) is 11.5 Å². The van der Waals surface area contributed by atoms with Gasteiger partial charge in [-0.3, -0.25) is 9.59 Å². The summed E-state index contributed by atoms with van der Waals surface area (Å²) in [4.78, 5) is 27.5. The molecule has 0 spiro atoms. The number of benzene rings is 2. The fourth-order valence-corrected chi connectivity index (χ4v) is 3.85. The predicted octanol–water partition coefficient (Wildman–Crippen LogP) is 4.23. The second-order valence-corrected chi connectivity index (χ2v) is 7.49. The second-order valence-electron chi connectivity index (χ2n) is 7.49. The van der Waals surface area contributed by atoms with Gasteiger partial charge in [-0.25, -0.2) is 0 Å². The predicted molar refractivity (Wildman–Crippen MR) is 117 cm³/mol. The number of amides is 1. The van der Waals surface area contributed by atoms with Gasteiger partial charge in [0.25, 0.3) is 11.7 Å². The van der Waals surface area contributed by atoms with E-state index in [1.807, 2.05) is 19.1 Å². The van der Waals surface area contributed by atoms with Crippen LogP contribution in [0.25, 0.3) is 5.76 Å². The minimum Gasteiger partial charge on any atom is -0.507 e. The van der Waals surface area contributed by atoms with Gasteiger partial charge in [-0.15, -0.1) is 0 Å². The number of aliphatic hydroxyl groups is 1. The van der Waals surface area contributed by atoms with Crippen LogP contribution in [0.5, 0.6) is 11.5 Å². The molecule has 1 fully saturated rings. The Labute approximate surface area is 185 Å². The number of ketones is 1. The summed E-state index contributed by atoms with van der Waals surface area (Å²) in [6, 6.07) is 14.9. The Hall–Kier alpha value is -4.00. The summed E-state index contributed by atoms with van der Waals surface area (Å²) in [6.45, 7) is 2.00.